The fraction of sp³-hybridized carbons (Fsp3) is 0.125. The minimum Gasteiger partial charge on any atom is -0.0622 e. The van der Waals surface area contributed by atoms with Crippen molar-refractivity contribution in [3.8, 4) is 11.8 Å². The highest BCUT2D eigenvalue weighted by atomic mass is 14.0. The van der Waals surface area contributed by atoms with Crippen LogP contribution in [0.2, 0.25) is 0 Å². The van der Waals surface area contributed by atoms with Crippen LogP contribution >= 0.6 is 0 Å². The predicted molar refractivity (Wildman–Crippen MR) is 68.3 cm³/mol. The summed E-state index contributed by atoms with van der Waals surface area (Å²) in [4.78, 5) is 0. The summed E-state index contributed by atoms with van der Waals surface area (Å²) in [5, 5.41) is 0. The zero-order valence-electron chi connectivity index (χ0n) is 9.62. The van der Waals surface area contributed by atoms with E-state index in [1.54, 1.807) is 0 Å². The molecular weight excluding hydrogens is 192 g/mol. The van der Waals surface area contributed by atoms with Gasteiger partial charge >= 0.3 is 0 Å². The Bertz CT molecular complexity index is 539. The molecule has 0 aliphatic rings. The maximum atomic E-state index is 3.18. The summed E-state index contributed by atoms with van der Waals surface area (Å²) in [6.07, 6.45) is 0. The number of benzene rings is 2. The van der Waals surface area contributed by atoms with Crippen molar-refractivity contribution < 1.29 is 0 Å². The number of hydrogen-bond donors (Lipinski definition) is 0. The first-order chi connectivity index (χ1) is 7.75. The zero-order valence-corrected chi connectivity index (χ0v) is 9.62. The molecule has 2 aromatic carbocycles. The van der Waals surface area contributed by atoms with Crippen LogP contribution < -0.4 is 0 Å². The van der Waals surface area contributed by atoms with Gasteiger partial charge in [0.15, 0.2) is 0 Å². The Hall–Kier alpha value is -2.00. The lowest BCUT2D eigenvalue weighted by molar-refractivity contribution is 1.33. The largest absolute Gasteiger partial charge is 0.0622 e. The highest BCUT2D eigenvalue weighted by Crippen LogP contribution is 2.08. The van der Waals surface area contributed by atoms with Crippen LogP contribution in [0.15, 0.2) is 48.5 Å². The molecule has 16 heavy (non-hydrogen) atoms. The normalized spacial score (nSPS) is 9.38. The van der Waals surface area contributed by atoms with Crippen molar-refractivity contribution in [3.63, 3.8) is 0 Å². The van der Waals surface area contributed by atoms with Crippen molar-refractivity contribution in [1.29, 1.82) is 0 Å². The van der Waals surface area contributed by atoms with Crippen LogP contribution in [0.1, 0.15) is 22.3 Å². The third-order valence-corrected chi connectivity index (χ3v) is 2.63. The molecule has 0 saturated heterocycles. The molecule has 0 fully saturated rings. The Kier molecular flexibility index (Phi) is 3.08. The van der Waals surface area contributed by atoms with Gasteiger partial charge < -0.3 is 0 Å². The van der Waals surface area contributed by atoms with Crippen LogP contribution in [0.3, 0.4) is 0 Å². The average molecular weight is 206 g/mol. The van der Waals surface area contributed by atoms with E-state index in [9.17, 15) is 0 Å². The topological polar surface area (TPSA) is 0 Å². The quantitative estimate of drug-likeness (QED) is 0.576. The molecule has 0 radical (unpaired) electrons. The summed E-state index contributed by atoms with van der Waals surface area (Å²) in [6, 6.07) is 16.4. The average Bonchev–Trinajstić information content (AvgIpc) is 2.32. The standard InChI is InChI=1S/C16H14/c1-13-8-9-16(12-14(13)2)11-10-15-6-4-3-5-7-15/h3-9,12H,1-2H3. The molecular formula is C16H14. The molecule has 2 rings (SSSR count). The number of hydrogen-bond acceptors (Lipinski definition) is 0. The lowest BCUT2D eigenvalue weighted by Gasteiger charge is -1.98. The van der Waals surface area contributed by atoms with E-state index in [0.717, 1.165) is 11.1 Å². The van der Waals surface area contributed by atoms with Crippen LogP contribution in [-0.2, 0) is 0 Å². The molecule has 0 saturated carbocycles. The third kappa shape index (κ3) is 2.52. The first kappa shape index (κ1) is 10.5. The van der Waals surface area contributed by atoms with Crippen molar-refractivity contribution in [2.75, 3.05) is 0 Å². The van der Waals surface area contributed by atoms with E-state index >= 15 is 0 Å². The highest BCUT2D eigenvalue weighted by molar-refractivity contribution is 5.45. The molecule has 0 aromatic heterocycles. The van der Waals surface area contributed by atoms with Gasteiger partial charge in [0.05, 0.1) is 0 Å². The monoisotopic (exact) mass is 206 g/mol. The van der Waals surface area contributed by atoms with Gasteiger partial charge in [0, 0.05) is 11.1 Å². The molecule has 0 heterocycles. The molecule has 0 N–H and O–H groups in total. The van der Waals surface area contributed by atoms with Gasteiger partial charge in [-0.25, -0.2) is 0 Å². The molecule has 0 aliphatic carbocycles. The van der Waals surface area contributed by atoms with E-state index in [1.165, 1.54) is 11.1 Å². The molecule has 0 aliphatic heterocycles. The SMILES string of the molecule is Cc1ccc(C#Cc2ccccc2)cc1C. The van der Waals surface area contributed by atoms with Crippen LogP contribution in [-0.4, -0.2) is 0 Å². The molecule has 0 amide bonds. The number of aryl methyl sites for hydroxylation is 2. The Morgan fingerprint density at radius 1 is 0.688 bits per heavy atom. The molecule has 0 atom stereocenters. The number of rotatable bonds is 0. The van der Waals surface area contributed by atoms with Gasteiger partial charge in [0.25, 0.3) is 0 Å². The lowest BCUT2D eigenvalue weighted by Crippen LogP contribution is -1.82. The lowest BCUT2D eigenvalue weighted by atomic mass is 10.1. The van der Waals surface area contributed by atoms with Crippen molar-refractivity contribution in [1.82, 2.24) is 0 Å². The van der Waals surface area contributed by atoms with E-state index in [0.29, 0.717) is 0 Å². The molecule has 0 unspecified atom stereocenters. The Balaban J connectivity index is 2.28. The van der Waals surface area contributed by atoms with Crippen LogP contribution in [0, 0.1) is 25.7 Å². The summed E-state index contributed by atoms with van der Waals surface area (Å²) in [5.74, 6) is 6.34. The van der Waals surface area contributed by atoms with Gasteiger partial charge in [0.2, 0.25) is 0 Å². The van der Waals surface area contributed by atoms with Crippen LogP contribution in [0.5, 0.6) is 0 Å². The van der Waals surface area contributed by atoms with E-state index < -0.39 is 0 Å². The van der Waals surface area contributed by atoms with Crippen molar-refractivity contribution in [3.05, 3.63) is 70.8 Å². The smallest absolute Gasteiger partial charge is 0.0251 e. The molecule has 0 spiro atoms. The van der Waals surface area contributed by atoms with E-state index in [-0.39, 0.29) is 0 Å². The van der Waals surface area contributed by atoms with E-state index in [4.69, 9.17) is 0 Å². The second kappa shape index (κ2) is 4.68. The van der Waals surface area contributed by atoms with Crippen LogP contribution in [0.4, 0.5) is 0 Å². The van der Waals surface area contributed by atoms with Gasteiger partial charge in [-0.05, 0) is 49.2 Å². The summed E-state index contributed by atoms with van der Waals surface area (Å²) >= 11 is 0. The van der Waals surface area contributed by atoms with Crippen molar-refractivity contribution in [2.45, 2.75) is 13.8 Å². The van der Waals surface area contributed by atoms with Crippen molar-refractivity contribution in [2.24, 2.45) is 0 Å². The summed E-state index contributed by atoms with van der Waals surface area (Å²) < 4.78 is 0. The first-order valence-corrected chi connectivity index (χ1v) is 5.40. The van der Waals surface area contributed by atoms with Gasteiger partial charge in [-0.1, -0.05) is 36.1 Å². The highest BCUT2D eigenvalue weighted by Gasteiger charge is 1.92. The molecule has 78 valence electrons. The Morgan fingerprint density at radius 2 is 1.38 bits per heavy atom. The van der Waals surface area contributed by atoms with Gasteiger partial charge in [-0.2, -0.15) is 0 Å². The minimum atomic E-state index is 1.06. The van der Waals surface area contributed by atoms with Crippen molar-refractivity contribution >= 4 is 0 Å². The maximum Gasteiger partial charge on any atom is 0.0251 e. The Labute approximate surface area is 96.9 Å². The second-order valence-corrected chi connectivity index (χ2v) is 3.92. The minimum absolute atomic E-state index is 1.06. The fourth-order valence-corrected chi connectivity index (χ4v) is 1.49. The summed E-state index contributed by atoms with van der Waals surface area (Å²) in [7, 11) is 0. The summed E-state index contributed by atoms with van der Waals surface area (Å²) in [5.41, 5.74) is 4.73. The third-order valence-electron chi connectivity index (χ3n) is 2.63. The molecule has 0 heteroatoms. The van der Waals surface area contributed by atoms with Gasteiger partial charge in [0.1, 0.15) is 0 Å². The maximum absolute atomic E-state index is 3.18. The fourth-order valence-electron chi connectivity index (χ4n) is 1.49. The van der Waals surface area contributed by atoms with Gasteiger partial charge in [-0.3, -0.25) is 0 Å². The molecule has 0 nitrogen and oxygen atoms in total. The van der Waals surface area contributed by atoms with Crippen LogP contribution in [0.25, 0.3) is 0 Å². The Morgan fingerprint density at radius 3 is 2.06 bits per heavy atom. The molecule has 0 bridgehead atoms. The first-order valence-electron chi connectivity index (χ1n) is 5.40. The molecule has 2 aromatic rings. The zero-order chi connectivity index (χ0) is 11.4. The van der Waals surface area contributed by atoms with E-state index in [1.807, 2.05) is 30.3 Å². The second-order valence-electron chi connectivity index (χ2n) is 3.92. The van der Waals surface area contributed by atoms with Gasteiger partial charge in [-0.15, -0.1) is 0 Å². The van der Waals surface area contributed by atoms with E-state index in [2.05, 4.69) is 43.9 Å². The predicted octanol–water partition coefficient (Wildman–Crippen LogP) is 3.70. The summed E-state index contributed by atoms with van der Waals surface area (Å²) in [6.45, 7) is 4.23.